The fourth-order valence-electron chi connectivity index (χ4n) is 1.39. The summed E-state index contributed by atoms with van der Waals surface area (Å²) >= 11 is 0. The molecular formula is C12H17NO3. The van der Waals surface area contributed by atoms with Crippen LogP contribution in [-0.4, -0.2) is 23.7 Å². The van der Waals surface area contributed by atoms with Crippen molar-refractivity contribution in [3.8, 4) is 5.75 Å². The smallest absolute Gasteiger partial charge is 0.346 e. The fraction of sp³-hybridized carbons (Fsp3) is 0.417. The van der Waals surface area contributed by atoms with Crippen molar-refractivity contribution >= 4 is 5.97 Å². The number of aryl methyl sites for hydroxylation is 1. The fourth-order valence-corrected chi connectivity index (χ4v) is 1.39. The lowest BCUT2D eigenvalue weighted by Gasteiger charge is -2.13. The van der Waals surface area contributed by atoms with Gasteiger partial charge in [-0.1, -0.05) is 25.5 Å². The lowest BCUT2D eigenvalue weighted by Crippen LogP contribution is -2.34. The van der Waals surface area contributed by atoms with Crippen LogP contribution in [0, 0.1) is 0 Å². The molecule has 0 saturated carbocycles. The van der Waals surface area contributed by atoms with E-state index < -0.39 is 12.1 Å². The normalized spacial score (nSPS) is 12.1. The number of benzene rings is 1. The average Bonchev–Trinajstić information content (AvgIpc) is 2.28. The van der Waals surface area contributed by atoms with Crippen molar-refractivity contribution in [2.45, 2.75) is 25.9 Å². The van der Waals surface area contributed by atoms with Gasteiger partial charge >= 0.3 is 5.97 Å². The van der Waals surface area contributed by atoms with E-state index in [1.807, 2.05) is 12.1 Å². The Labute approximate surface area is 95.0 Å². The molecule has 0 heterocycles. The molecule has 0 amide bonds. The van der Waals surface area contributed by atoms with Crippen LogP contribution in [0.2, 0.25) is 0 Å². The summed E-state index contributed by atoms with van der Waals surface area (Å²) in [7, 11) is 0. The summed E-state index contributed by atoms with van der Waals surface area (Å²) in [5.74, 6) is -0.502. The van der Waals surface area contributed by atoms with Crippen LogP contribution in [0.3, 0.4) is 0 Å². The van der Waals surface area contributed by atoms with Gasteiger partial charge in [0.05, 0.1) is 0 Å². The zero-order chi connectivity index (χ0) is 12.0. The van der Waals surface area contributed by atoms with E-state index in [1.165, 1.54) is 5.56 Å². The molecule has 0 fully saturated rings. The first-order valence-electron chi connectivity index (χ1n) is 5.35. The maximum Gasteiger partial charge on any atom is 0.346 e. The SMILES string of the molecule is CCCc1ccc(OC(CN)C(=O)O)cc1. The molecule has 1 rings (SSSR count). The van der Waals surface area contributed by atoms with Crippen molar-refractivity contribution < 1.29 is 14.6 Å². The molecule has 0 aromatic heterocycles. The highest BCUT2D eigenvalue weighted by Gasteiger charge is 2.16. The number of aliphatic carboxylic acids is 1. The van der Waals surface area contributed by atoms with Crippen LogP contribution in [0.1, 0.15) is 18.9 Å². The molecule has 0 radical (unpaired) electrons. The van der Waals surface area contributed by atoms with Gasteiger partial charge in [0.1, 0.15) is 5.75 Å². The maximum atomic E-state index is 10.7. The quantitative estimate of drug-likeness (QED) is 0.765. The van der Waals surface area contributed by atoms with Crippen LogP contribution in [0.5, 0.6) is 5.75 Å². The van der Waals surface area contributed by atoms with Gasteiger partial charge in [-0.2, -0.15) is 0 Å². The number of carboxylic acid groups (broad SMARTS) is 1. The Morgan fingerprint density at radius 1 is 1.44 bits per heavy atom. The minimum atomic E-state index is -1.04. The molecule has 1 aromatic rings. The van der Waals surface area contributed by atoms with Crippen molar-refractivity contribution in [3.63, 3.8) is 0 Å². The van der Waals surface area contributed by atoms with E-state index in [0.717, 1.165) is 12.8 Å². The molecule has 16 heavy (non-hydrogen) atoms. The molecule has 0 aliphatic rings. The van der Waals surface area contributed by atoms with Gasteiger partial charge < -0.3 is 15.6 Å². The summed E-state index contributed by atoms with van der Waals surface area (Å²) in [6.07, 6.45) is 1.12. The van der Waals surface area contributed by atoms with Crippen molar-refractivity contribution in [1.29, 1.82) is 0 Å². The first kappa shape index (κ1) is 12.5. The highest BCUT2D eigenvalue weighted by atomic mass is 16.5. The molecule has 4 nitrogen and oxygen atoms in total. The second-order valence-corrected chi connectivity index (χ2v) is 3.57. The summed E-state index contributed by atoms with van der Waals surface area (Å²) in [6.45, 7) is 2.07. The lowest BCUT2D eigenvalue weighted by molar-refractivity contribution is -0.144. The minimum absolute atomic E-state index is 0.0357. The number of ether oxygens (including phenoxy) is 1. The van der Waals surface area contributed by atoms with Crippen molar-refractivity contribution in [1.82, 2.24) is 0 Å². The van der Waals surface area contributed by atoms with Gasteiger partial charge in [0.25, 0.3) is 0 Å². The molecule has 0 spiro atoms. The van der Waals surface area contributed by atoms with Gasteiger partial charge in [-0.3, -0.25) is 0 Å². The molecule has 0 aliphatic carbocycles. The third kappa shape index (κ3) is 3.55. The predicted molar refractivity (Wildman–Crippen MR) is 61.5 cm³/mol. The Kier molecular flexibility index (Phi) is 4.79. The number of nitrogens with two attached hydrogens (primary N) is 1. The molecule has 0 saturated heterocycles. The molecule has 0 bridgehead atoms. The topological polar surface area (TPSA) is 72.5 Å². The van der Waals surface area contributed by atoms with Crippen LogP contribution in [-0.2, 0) is 11.2 Å². The number of carboxylic acids is 1. The molecule has 1 atom stereocenters. The van der Waals surface area contributed by atoms with Crippen molar-refractivity contribution in [2.75, 3.05) is 6.54 Å². The van der Waals surface area contributed by atoms with E-state index in [9.17, 15) is 4.79 Å². The van der Waals surface area contributed by atoms with Crippen LogP contribution in [0.15, 0.2) is 24.3 Å². The predicted octanol–water partition coefficient (Wildman–Crippen LogP) is 1.43. The van der Waals surface area contributed by atoms with Crippen molar-refractivity contribution in [3.05, 3.63) is 29.8 Å². The van der Waals surface area contributed by atoms with Crippen LogP contribution >= 0.6 is 0 Å². The van der Waals surface area contributed by atoms with Gasteiger partial charge in [0.2, 0.25) is 6.10 Å². The van der Waals surface area contributed by atoms with Crippen LogP contribution < -0.4 is 10.5 Å². The second-order valence-electron chi connectivity index (χ2n) is 3.57. The van der Waals surface area contributed by atoms with E-state index >= 15 is 0 Å². The number of hydrogen-bond donors (Lipinski definition) is 2. The third-order valence-electron chi connectivity index (χ3n) is 2.23. The molecule has 88 valence electrons. The molecule has 4 heteroatoms. The summed E-state index contributed by atoms with van der Waals surface area (Å²) in [6, 6.07) is 7.43. The highest BCUT2D eigenvalue weighted by Crippen LogP contribution is 2.14. The molecule has 1 unspecified atom stereocenters. The first-order chi connectivity index (χ1) is 7.67. The van der Waals surface area contributed by atoms with Gasteiger partial charge in [-0.25, -0.2) is 4.79 Å². The summed E-state index contributed by atoms with van der Waals surface area (Å²) in [5.41, 5.74) is 6.51. The zero-order valence-electron chi connectivity index (χ0n) is 9.35. The molecule has 1 aromatic carbocycles. The number of carbonyl (C=O) groups is 1. The largest absolute Gasteiger partial charge is 0.478 e. The monoisotopic (exact) mass is 223 g/mol. The van der Waals surface area contributed by atoms with Gasteiger partial charge in [0, 0.05) is 6.54 Å². The van der Waals surface area contributed by atoms with E-state index in [0.29, 0.717) is 5.75 Å². The molecule has 0 aliphatic heterocycles. The Balaban J connectivity index is 2.63. The molecule has 3 N–H and O–H groups in total. The van der Waals surface area contributed by atoms with E-state index in [-0.39, 0.29) is 6.54 Å². The Morgan fingerprint density at radius 2 is 2.06 bits per heavy atom. The third-order valence-corrected chi connectivity index (χ3v) is 2.23. The first-order valence-corrected chi connectivity index (χ1v) is 5.35. The van der Waals surface area contributed by atoms with Crippen LogP contribution in [0.4, 0.5) is 0 Å². The van der Waals surface area contributed by atoms with E-state index in [1.54, 1.807) is 12.1 Å². The zero-order valence-corrected chi connectivity index (χ0v) is 9.35. The van der Waals surface area contributed by atoms with Gasteiger partial charge in [-0.15, -0.1) is 0 Å². The number of hydrogen-bond acceptors (Lipinski definition) is 3. The van der Waals surface area contributed by atoms with Gasteiger partial charge in [0.15, 0.2) is 0 Å². The van der Waals surface area contributed by atoms with Gasteiger partial charge in [-0.05, 0) is 24.1 Å². The average molecular weight is 223 g/mol. The molecular weight excluding hydrogens is 206 g/mol. The van der Waals surface area contributed by atoms with E-state index in [2.05, 4.69) is 6.92 Å². The maximum absolute atomic E-state index is 10.7. The van der Waals surface area contributed by atoms with Crippen LogP contribution in [0.25, 0.3) is 0 Å². The Hall–Kier alpha value is -1.55. The summed E-state index contributed by atoms with van der Waals surface area (Å²) in [4.78, 5) is 10.7. The summed E-state index contributed by atoms with van der Waals surface area (Å²) < 4.78 is 5.23. The minimum Gasteiger partial charge on any atom is -0.478 e. The number of rotatable bonds is 6. The standard InChI is InChI=1S/C12H17NO3/c1-2-3-9-4-6-10(7-5-9)16-11(8-13)12(14)15/h4-7,11H,2-3,8,13H2,1H3,(H,14,15). The Morgan fingerprint density at radius 3 is 2.50 bits per heavy atom. The Bertz CT molecular complexity index is 335. The van der Waals surface area contributed by atoms with E-state index in [4.69, 9.17) is 15.6 Å². The highest BCUT2D eigenvalue weighted by molar-refractivity contribution is 5.73. The summed E-state index contributed by atoms with van der Waals surface area (Å²) in [5, 5.41) is 8.77. The lowest BCUT2D eigenvalue weighted by atomic mass is 10.1. The second kappa shape index (κ2) is 6.12. The van der Waals surface area contributed by atoms with Crippen molar-refractivity contribution in [2.24, 2.45) is 5.73 Å².